The maximum absolute atomic E-state index is 11.3. The summed E-state index contributed by atoms with van der Waals surface area (Å²) >= 11 is 1.70. The first-order valence-corrected chi connectivity index (χ1v) is 9.51. The molecule has 3 N–H and O–H groups in total. The van der Waals surface area contributed by atoms with Gasteiger partial charge in [0.2, 0.25) is 5.91 Å². The average Bonchev–Trinajstić information content (AvgIpc) is 2.50. The highest BCUT2D eigenvalue weighted by Gasteiger charge is 2.10. The molecule has 0 aromatic rings. The van der Waals surface area contributed by atoms with Crippen molar-refractivity contribution in [3.05, 3.63) is 34.9 Å². The standard InChI is InChI=1S/C19H34N2OS/c1-15(2)8-6-9-16(3)10-7-11-17(4)12-13-23-14-18(20)19(22)21-5/h8,10,12,18H,6-7,9,11,13-14,20H2,1-5H3,(H,21,22)/t18-/m0/s1. The summed E-state index contributed by atoms with van der Waals surface area (Å²) in [6, 6.07) is -0.412. The molecular weight excluding hydrogens is 304 g/mol. The van der Waals surface area contributed by atoms with Crippen molar-refractivity contribution in [3.8, 4) is 0 Å². The zero-order valence-corrected chi connectivity index (χ0v) is 16.3. The highest BCUT2D eigenvalue weighted by atomic mass is 32.2. The third kappa shape index (κ3) is 13.2. The van der Waals surface area contributed by atoms with Crippen molar-refractivity contribution in [1.82, 2.24) is 5.32 Å². The lowest BCUT2D eigenvalue weighted by molar-refractivity contribution is -0.121. The van der Waals surface area contributed by atoms with Gasteiger partial charge >= 0.3 is 0 Å². The Bertz CT molecular complexity index is 435. The van der Waals surface area contributed by atoms with Crippen LogP contribution in [-0.2, 0) is 4.79 Å². The van der Waals surface area contributed by atoms with E-state index >= 15 is 0 Å². The van der Waals surface area contributed by atoms with Crippen molar-refractivity contribution in [3.63, 3.8) is 0 Å². The first-order chi connectivity index (χ1) is 10.9. The van der Waals surface area contributed by atoms with Crippen LogP contribution in [0.2, 0.25) is 0 Å². The molecule has 0 rings (SSSR count). The van der Waals surface area contributed by atoms with Gasteiger partial charge in [0.15, 0.2) is 0 Å². The lowest BCUT2D eigenvalue weighted by Gasteiger charge is -2.08. The van der Waals surface area contributed by atoms with Crippen LogP contribution in [0.5, 0.6) is 0 Å². The van der Waals surface area contributed by atoms with E-state index in [2.05, 4.69) is 51.2 Å². The summed E-state index contributed by atoms with van der Waals surface area (Å²) in [4.78, 5) is 11.3. The summed E-state index contributed by atoms with van der Waals surface area (Å²) in [7, 11) is 1.62. The van der Waals surface area contributed by atoms with E-state index in [1.54, 1.807) is 18.8 Å². The minimum Gasteiger partial charge on any atom is -0.358 e. The largest absolute Gasteiger partial charge is 0.358 e. The summed E-state index contributed by atoms with van der Waals surface area (Å²) in [5.74, 6) is 1.49. The molecule has 0 bridgehead atoms. The van der Waals surface area contributed by atoms with Crippen molar-refractivity contribution in [2.24, 2.45) is 5.73 Å². The fourth-order valence-corrected chi connectivity index (χ4v) is 2.94. The molecule has 0 saturated heterocycles. The number of rotatable bonds is 11. The zero-order chi connectivity index (χ0) is 17.7. The lowest BCUT2D eigenvalue weighted by atomic mass is 10.1. The van der Waals surface area contributed by atoms with Gasteiger partial charge in [0, 0.05) is 18.6 Å². The van der Waals surface area contributed by atoms with Crippen LogP contribution in [0, 0.1) is 0 Å². The molecule has 0 saturated carbocycles. The number of nitrogens with one attached hydrogen (secondary N) is 1. The Balaban J connectivity index is 3.90. The number of allylic oxidation sites excluding steroid dienone is 5. The molecule has 0 radical (unpaired) electrons. The van der Waals surface area contributed by atoms with Crippen molar-refractivity contribution < 1.29 is 4.79 Å². The second-order valence-electron chi connectivity index (χ2n) is 6.22. The fourth-order valence-electron chi connectivity index (χ4n) is 2.00. The van der Waals surface area contributed by atoms with Gasteiger partial charge in [0.05, 0.1) is 6.04 Å². The van der Waals surface area contributed by atoms with Crippen LogP contribution >= 0.6 is 11.8 Å². The summed E-state index contributed by atoms with van der Waals surface area (Å²) < 4.78 is 0. The van der Waals surface area contributed by atoms with Crippen molar-refractivity contribution >= 4 is 17.7 Å². The minimum atomic E-state index is -0.412. The fraction of sp³-hybridized carbons (Fsp3) is 0.632. The Kier molecular flexibility index (Phi) is 12.9. The number of amides is 1. The van der Waals surface area contributed by atoms with E-state index in [9.17, 15) is 4.79 Å². The Morgan fingerprint density at radius 1 is 1.04 bits per heavy atom. The molecule has 1 amide bonds. The number of carbonyl (C=O) groups is 1. The van der Waals surface area contributed by atoms with Crippen LogP contribution in [0.15, 0.2) is 34.9 Å². The van der Waals surface area contributed by atoms with E-state index in [-0.39, 0.29) is 5.91 Å². The van der Waals surface area contributed by atoms with Gasteiger partial charge in [-0.05, 0) is 53.4 Å². The van der Waals surface area contributed by atoms with Crippen LogP contribution in [0.1, 0.15) is 53.4 Å². The molecule has 4 heteroatoms. The topological polar surface area (TPSA) is 55.1 Å². The third-order valence-corrected chi connectivity index (χ3v) is 4.55. The number of carbonyl (C=O) groups excluding carboxylic acids is 1. The van der Waals surface area contributed by atoms with Gasteiger partial charge in [-0.2, -0.15) is 11.8 Å². The van der Waals surface area contributed by atoms with Gasteiger partial charge in [-0.1, -0.05) is 34.9 Å². The van der Waals surface area contributed by atoms with Gasteiger partial charge in [-0.15, -0.1) is 0 Å². The Hall–Kier alpha value is -1.00. The number of nitrogens with two attached hydrogens (primary N) is 1. The van der Waals surface area contributed by atoms with Crippen LogP contribution in [0.25, 0.3) is 0 Å². The highest BCUT2D eigenvalue weighted by molar-refractivity contribution is 7.99. The first kappa shape index (κ1) is 22.0. The van der Waals surface area contributed by atoms with E-state index in [4.69, 9.17) is 5.73 Å². The second kappa shape index (κ2) is 13.4. The number of thioether (sulfide) groups is 1. The molecule has 0 aromatic heterocycles. The SMILES string of the molecule is CNC(=O)[C@@H](N)CSCC=C(C)CCC=C(C)CCC=C(C)C. The molecular formula is C19H34N2OS. The maximum Gasteiger partial charge on any atom is 0.237 e. The summed E-state index contributed by atoms with van der Waals surface area (Å²) in [5, 5.41) is 2.57. The number of likely N-dealkylation sites (N-methyl/N-ethyl adjacent to an activating group) is 1. The van der Waals surface area contributed by atoms with Gasteiger partial charge in [-0.25, -0.2) is 0 Å². The van der Waals surface area contributed by atoms with Gasteiger partial charge in [0.25, 0.3) is 0 Å². The van der Waals surface area contributed by atoms with E-state index < -0.39 is 6.04 Å². The first-order valence-electron chi connectivity index (χ1n) is 8.36. The molecule has 132 valence electrons. The molecule has 0 aliphatic rings. The Labute approximate surface area is 146 Å². The smallest absolute Gasteiger partial charge is 0.237 e. The molecule has 0 spiro atoms. The molecule has 0 fully saturated rings. The monoisotopic (exact) mass is 338 g/mol. The van der Waals surface area contributed by atoms with Gasteiger partial charge in [-0.3, -0.25) is 4.79 Å². The Morgan fingerprint density at radius 3 is 2.17 bits per heavy atom. The van der Waals surface area contributed by atoms with Crippen LogP contribution in [-0.4, -0.2) is 30.5 Å². The zero-order valence-electron chi connectivity index (χ0n) is 15.4. The molecule has 0 heterocycles. The predicted octanol–water partition coefficient (Wildman–Crippen LogP) is 4.21. The summed E-state index contributed by atoms with van der Waals surface area (Å²) in [6.07, 6.45) is 11.4. The second-order valence-corrected chi connectivity index (χ2v) is 7.29. The molecule has 1 atom stereocenters. The normalized spacial score (nSPS) is 13.7. The average molecular weight is 339 g/mol. The molecule has 0 unspecified atom stereocenters. The van der Waals surface area contributed by atoms with Crippen molar-refractivity contribution in [2.75, 3.05) is 18.6 Å². The maximum atomic E-state index is 11.3. The Morgan fingerprint density at radius 2 is 1.61 bits per heavy atom. The van der Waals surface area contributed by atoms with Crippen molar-refractivity contribution in [1.29, 1.82) is 0 Å². The van der Waals surface area contributed by atoms with Crippen LogP contribution in [0.4, 0.5) is 0 Å². The predicted molar refractivity (Wildman–Crippen MR) is 105 cm³/mol. The number of hydrogen-bond acceptors (Lipinski definition) is 3. The van der Waals surface area contributed by atoms with Crippen molar-refractivity contribution in [2.45, 2.75) is 59.4 Å². The van der Waals surface area contributed by atoms with E-state index in [1.807, 2.05) is 0 Å². The third-order valence-electron chi connectivity index (χ3n) is 3.55. The summed E-state index contributed by atoms with van der Waals surface area (Å²) in [5.41, 5.74) is 10.0. The molecule has 0 aromatic carbocycles. The molecule has 23 heavy (non-hydrogen) atoms. The lowest BCUT2D eigenvalue weighted by Crippen LogP contribution is -2.40. The molecule has 3 nitrogen and oxygen atoms in total. The summed E-state index contributed by atoms with van der Waals surface area (Å²) in [6.45, 7) is 8.68. The minimum absolute atomic E-state index is 0.0908. The van der Waals surface area contributed by atoms with Crippen LogP contribution < -0.4 is 11.1 Å². The number of hydrogen-bond donors (Lipinski definition) is 2. The molecule has 0 aliphatic heterocycles. The van der Waals surface area contributed by atoms with Gasteiger partial charge < -0.3 is 11.1 Å². The van der Waals surface area contributed by atoms with E-state index in [0.29, 0.717) is 5.75 Å². The van der Waals surface area contributed by atoms with Gasteiger partial charge in [0.1, 0.15) is 0 Å². The van der Waals surface area contributed by atoms with E-state index in [0.717, 1.165) is 31.4 Å². The highest BCUT2D eigenvalue weighted by Crippen LogP contribution is 2.12. The van der Waals surface area contributed by atoms with E-state index in [1.165, 1.54) is 16.7 Å². The quantitative estimate of drug-likeness (QED) is 0.438. The van der Waals surface area contributed by atoms with Crippen LogP contribution in [0.3, 0.4) is 0 Å². The molecule has 0 aliphatic carbocycles.